The Balaban J connectivity index is 1.89. The average molecular weight is 415 g/mol. The molecule has 0 radical (unpaired) electrons. The second-order valence-electron chi connectivity index (χ2n) is 7.76. The van der Waals surface area contributed by atoms with E-state index in [9.17, 15) is 18.7 Å². The third-order valence-electron chi connectivity index (χ3n) is 5.22. The highest BCUT2D eigenvalue weighted by Gasteiger charge is 2.27. The molecule has 1 aliphatic rings. The summed E-state index contributed by atoms with van der Waals surface area (Å²) >= 11 is 0. The number of hydrogen-bond donors (Lipinski definition) is 1. The Kier molecular flexibility index (Phi) is 5.37. The van der Waals surface area contributed by atoms with E-state index < -0.39 is 18.0 Å². The van der Waals surface area contributed by atoms with Crippen molar-refractivity contribution < 1.29 is 27.8 Å². The number of halogens is 2. The first-order chi connectivity index (χ1) is 14.3. The summed E-state index contributed by atoms with van der Waals surface area (Å²) in [5, 5.41) is 10.3. The van der Waals surface area contributed by atoms with Crippen molar-refractivity contribution in [3.05, 3.63) is 47.8 Å². The summed E-state index contributed by atoms with van der Waals surface area (Å²) in [7, 11) is 0. The van der Waals surface area contributed by atoms with Gasteiger partial charge in [-0.3, -0.25) is 0 Å². The molecule has 0 aliphatic carbocycles. The number of hydrogen-bond acceptors (Lipinski definition) is 4. The highest BCUT2D eigenvalue weighted by molar-refractivity contribution is 6.09. The van der Waals surface area contributed by atoms with Gasteiger partial charge < -0.3 is 19.2 Å². The number of carboxylic acids is 1. The van der Waals surface area contributed by atoms with Crippen LogP contribution >= 0.6 is 0 Å². The lowest BCUT2D eigenvalue weighted by Crippen LogP contribution is -2.34. The number of piperidine rings is 1. The molecule has 0 unspecified atom stereocenters. The Labute approximate surface area is 172 Å². The number of rotatable bonds is 5. The highest BCUT2D eigenvalue weighted by atomic mass is 19.1. The fourth-order valence-corrected chi connectivity index (χ4v) is 3.81. The number of alkyl halides is 1. The maximum Gasteiger partial charge on any atom is 0.340 e. The summed E-state index contributed by atoms with van der Waals surface area (Å²) in [6.07, 6.45) is -0.0831. The summed E-state index contributed by atoms with van der Waals surface area (Å²) in [6, 6.07) is 8.91. The minimum absolute atomic E-state index is 0.000712. The maximum atomic E-state index is 13.6. The fourth-order valence-electron chi connectivity index (χ4n) is 3.81. The quantitative estimate of drug-likeness (QED) is 0.582. The van der Waals surface area contributed by atoms with Gasteiger partial charge >= 0.3 is 5.97 Å². The molecule has 1 N–H and O–H groups in total. The first-order valence-corrected chi connectivity index (χ1v) is 9.99. The lowest BCUT2D eigenvalue weighted by molar-refractivity contribution is 0.0699. The Hall–Kier alpha value is -3.09. The van der Waals surface area contributed by atoms with Gasteiger partial charge in [-0.1, -0.05) is 0 Å². The molecule has 1 aliphatic heterocycles. The number of furan rings is 1. The Morgan fingerprint density at radius 3 is 2.47 bits per heavy atom. The molecule has 0 atom stereocenters. The van der Waals surface area contributed by atoms with Gasteiger partial charge in [-0.25, -0.2) is 13.6 Å². The molecule has 1 fully saturated rings. The largest absolute Gasteiger partial charge is 0.489 e. The Morgan fingerprint density at radius 2 is 1.87 bits per heavy atom. The normalized spacial score (nSPS) is 15.2. The third-order valence-corrected chi connectivity index (χ3v) is 5.22. The molecule has 0 saturated carbocycles. The van der Waals surface area contributed by atoms with E-state index >= 15 is 0 Å². The van der Waals surface area contributed by atoms with Crippen molar-refractivity contribution in [2.24, 2.45) is 0 Å². The minimum atomic E-state index is -1.14. The van der Waals surface area contributed by atoms with Gasteiger partial charge in [-0.15, -0.1) is 0 Å². The van der Waals surface area contributed by atoms with Gasteiger partial charge in [0.25, 0.3) is 0 Å². The lowest BCUT2D eigenvalue weighted by atomic mass is 10.0. The van der Waals surface area contributed by atoms with Crippen LogP contribution in [0.2, 0.25) is 0 Å². The molecule has 5 nitrogen and oxygen atoms in total. The number of aromatic carboxylic acids is 1. The van der Waals surface area contributed by atoms with E-state index in [1.165, 1.54) is 24.3 Å². The standard InChI is InChI=1S/C23H23F2NO4/c1-13(2)29-20-11-17-19(12-18(20)26-9-7-16(25)8-10-26)30-22(21(17)23(27)28)14-3-5-15(24)6-4-14/h3-6,11-13,16H,7-10H2,1-2H3,(H,27,28). The third kappa shape index (κ3) is 3.84. The number of nitrogens with zero attached hydrogens (tertiary/aromatic N) is 1. The van der Waals surface area contributed by atoms with Gasteiger partial charge in [0.05, 0.1) is 11.8 Å². The van der Waals surface area contributed by atoms with Crippen LogP contribution in [0.15, 0.2) is 40.8 Å². The topological polar surface area (TPSA) is 62.9 Å². The van der Waals surface area contributed by atoms with Crippen molar-refractivity contribution in [3.8, 4) is 17.1 Å². The molecule has 0 spiro atoms. The first-order valence-electron chi connectivity index (χ1n) is 9.99. The van der Waals surface area contributed by atoms with Crippen molar-refractivity contribution in [1.82, 2.24) is 0 Å². The molecule has 2 aromatic carbocycles. The number of fused-ring (bicyclic) bond motifs is 1. The van der Waals surface area contributed by atoms with Crippen molar-refractivity contribution in [2.45, 2.75) is 39.0 Å². The Bertz CT molecular complexity index is 1070. The van der Waals surface area contributed by atoms with E-state index in [0.29, 0.717) is 48.2 Å². The molecular formula is C23H23F2NO4. The van der Waals surface area contributed by atoms with E-state index in [2.05, 4.69) is 0 Å². The van der Waals surface area contributed by atoms with Crippen molar-refractivity contribution in [2.75, 3.05) is 18.0 Å². The summed E-state index contributed by atoms with van der Waals surface area (Å²) in [4.78, 5) is 14.1. The number of carboxylic acid groups (broad SMARTS) is 1. The van der Waals surface area contributed by atoms with Gasteiger partial charge in [0.2, 0.25) is 0 Å². The molecule has 4 rings (SSSR count). The molecule has 30 heavy (non-hydrogen) atoms. The molecule has 0 bridgehead atoms. The zero-order chi connectivity index (χ0) is 21.4. The number of benzene rings is 2. The summed E-state index contributed by atoms with van der Waals surface area (Å²) in [6.45, 7) is 4.86. The monoisotopic (exact) mass is 415 g/mol. The van der Waals surface area contributed by atoms with Gasteiger partial charge in [0.15, 0.2) is 0 Å². The molecular weight excluding hydrogens is 392 g/mol. The molecule has 3 aromatic rings. The zero-order valence-corrected chi connectivity index (χ0v) is 16.8. The van der Waals surface area contributed by atoms with Crippen LogP contribution in [0.4, 0.5) is 14.5 Å². The van der Waals surface area contributed by atoms with E-state index in [1.807, 2.05) is 18.7 Å². The van der Waals surface area contributed by atoms with E-state index in [4.69, 9.17) is 9.15 Å². The fraction of sp³-hybridized carbons (Fsp3) is 0.348. The van der Waals surface area contributed by atoms with Gasteiger partial charge in [-0.05, 0) is 57.0 Å². The van der Waals surface area contributed by atoms with E-state index in [-0.39, 0.29) is 17.4 Å². The van der Waals surface area contributed by atoms with Crippen molar-refractivity contribution in [1.29, 1.82) is 0 Å². The first kappa shape index (κ1) is 20.2. The molecule has 1 saturated heterocycles. The van der Waals surface area contributed by atoms with Gasteiger partial charge in [0, 0.05) is 30.1 Å². The number of carbonyl (C=O) groups is 1. The molecule has 7 heteroatoms. The van der Waals surface area contributed by atoms with Crippen LogP contribution < -0.4 is 9.64 Å². The molecule has 0 amide bonds. The average Bonchev–Trinajstić information content (AvgIpc) is 3.07. The van der Waals surface area contributed by atoms with E-state index in [0.717, 1.165) is 5.69 Å². The minimum Gasteiger partial charge on any atom is -0.489 e. The van der Waals surface area contributed by atoms with Crippen LogP contribution in [-0.2, 0) is 0 Å². The summed E-state index contributed by atoms with van der Waals surface area (Å²) in [5.41, 5.74) is 1.61. The maximum absolute atomic E-state index is 13.6. The van der Waals surface area contributed by atoms with Crippen LogP contribution in [0.25, 0.3) is 22.3 Å². The van der Waals surface area contributed by atoms with Gasteiger partial charge in [0.1, 0.15) is 34.6 Å². The number of anilines is 1. The smallest absolute Gasteiger partial charge is 0.340 e. The van der Waals surface area contributed by atoms with Crippen LogP contribution in [0.3, 0.4) is 0 Å². The van der Waals surface area contributed by atoms with Crippen LogP contribution in [0.5, 0.6) is 5.75 Å². The number of ether oxygens (including phenoxy) is 1. The summed E-state index contributed by atoms with van der Waals surface area (Å²) < 4.78 is 38.9. The molecule has 158 valence electrons. The predicted molar refractivity (Wildman–Crippen MR) is 111 cm³/mol. The lowest BCUT2D eigenvalue weighted by Gasteiger charge is -2.32. The Morgan fingerprint density at radius 1 is 1.20 bits per heavy atom. The van der Waals surface area contributed by atoms with Crippen LogP contribution in [0.1, 0.15) is 37.0 Å². The SMILES string of the molecule is CC(C)Oc1cc2c(C(=O)O)c(-c3ccc(F)cc3)oc2cc1N1CCC(F)CC1. The zero-order valence-electron chi connectivity index (χ0n) is 16.8. The van der Waals surface area contributed by atoms with Crippen LogP contribution in [-0.4, -0.2) is 36.4 Å². The van der Waals surface area contributed by atoms with Crippen molar-refractivity contribution >= 4 is 22.6 Å². The van der Waals surface area contributed by atoms with Crippen LogP contribution in [0, 0.1) is 5.82 Å². The molecule has 2 heterocycles. The summed E-state index contributed by atoms with van der Waals surface area (Å²) in [5.74, 6) is -0.871. The van der Waals surface area contributed by atoms with Crippen molar-refractivity contribution in [3.63, 3.8) is 0 Å². The molecule has 1 aromatic heterocycles. The second kappa shape index (κ2) is 7.97. The van der Waals surface area contributed by atoms with Gasteiger partial charge in [-0.2, -0.15) is 0 Å². The van der Waals surface area contributed by atoms with E-state index in [1.54, 1.807) is 12.1 Å². The highest BCUT2D eigenvalue weighted by Crippen LogP contribution is 2.41. The predicted octanol–water partition coefficient (Wildman–Crippen LogP) is 5.66. The second-order valence-corrected chi connectivity index (χ2v) is 7.76.